The summed E-state index contributed by atoms with van der Waals surface area (Å²) in [6, 6.07) is 16.3. The molecule has 3 rings (SSSR count). The number of rotatable bonds is 8. The summed E-state index contributed by atoms with van der Waals surface area (Å²) < 4.78 is 5.34. The maximum absolute atomic E-state index is 12.3. The van der Waals surface area contributed by atoms with Crippen LogP contribution in [0.3, 0.4) is 0 Å². The van der Waals surface area contributed by atoms with E-state index in [1.807, 2.05) is 24.3 Å². The molecule has 1 heterocycles. The second-order valence-electron chi connectivity index (χ2n) is 7.72. The molecule has 32 heavy (non-hydrogen) atoms. The van der Waals surface area contributed by atoms with E-state index in [-0.39, 0.29) is 29.9 Å². The lowest BCUT2D eigenvalue weighted by Crippen LogP contribution is -2.38. The fraction of sp³-hybridized carbons (Fsp3) is 0.417. The number of hydrogen-bond acceptors (Lipinski definition) is 4. The standard InChI is InChI=1S/C24H33N5O2.HI/c1-19-5-3-6-20(15-19)17-26-24(25-2)27-18-21-7-4-8-22(16-21)28-23(30)9-10-29-11-13-31-14-12-29;/h3-8,15-16H,9-14,17-18H2,1-2H3,(H,28,30)(H2,25,26,27);1H. The highest BCUT2D eigenvalue weighted by molar-refractivity contribution is 14.0. The van der Waals surface area contributed by atoms with Gasteiger partial charge >= 0.3 is 0 Å². The van der Waals surface area contributed by atoms with Crippen molar-refractivity contribution in [1.29, 1.82) is 0 Å². The van der Waals surface area contributed by atoms with Gasteiger partial charge in [-0.25, -0.2) is 0 Å². The van der Waals surface area contributed by atoms with Crippen LogP contribution in [0.1, 0.15) is 23.1 Å². The van der Waals surface area contributed by atoms with E-state index in [0.29, 0.717) is 19.5 Å². The highest BCUT2D eigenvalue weighted by Crippen LogP contribution is 2.11. The van der Waals surface area contributed by atoms with E-state index in [1.165, 1.54) is 11.1 Å². The van der Waals surface area contributed by atoms with Crippen molar-refractivity contribution in [2.45, 2.75) is 26.4 Å². The molecule has 0 aliphatic carbocycles. The lowest BCUT2D eigenvalue weighted by molar-refractivity contribution is -0.116. The van der Waals surface area contributed by atoms with Crippen LogP contribution in [0.25, 0.3) is 0 Å². The number of benzene rings is 2. The van der Waals surface area contributed by atoms with Crippen molar-refractivity contribution >= 4 is 41.5 Å². The molecule has 2 aromatic rings. The van der Waals surface area contributed by atoms with E-state index in [0.717, 1.165) is 50.1 Å². The number of aryl methyl sites for hydroxylation is 1. The van der Waals surface area contributed by atoms with E-state index in [9.17, 15) is 4.79 Å². The number of guanidine groups is 1. The molecule has 0 bridgehead atoms. The molecule has 2 aromatic carbocycles. The number of morpholine rings is 1. The van der Waals surface area contributed by atoms with Crippen LogP contribution in [0.15, 0.2) is 53.5 Å². The van der Waals surface area contributed by atoms with Gasteiger partial charge in [0.1, 0.15) is 0 Å². The summed E-state index contributed by atoms with van der Waals surface area (Å²) in [6.07, 6.45) is 0.484. The number of ether oxygens (including phenoxy) is 1. The Hall–Kier alpha value is -2.17. The summed E-state index contributed by atoms with van der Waals surface area (Å²) in [5, 5.41) is 9.67. The first-order valence-corrected chi connectivity index (χ1v) is 10.8. The van der Waals surface area contributed by atoms with E-state index in [2.05, 4.69) is 57.0 Å². The number of amides is 1. The monoisotopic (exact) mass is 551 g/mol. The zero-order chi connectivity index (χ0) is 21.9. The van der Waals surface area contributed by atoms with Gasteiger partial charge in [0.2, 0.25) is 5.91 Å². The molecular formula is C24H34IN5O2. The number of aliphatic imine (C=N–C) groups is 1. The number of carbonyl (C=O) groups excluding carboxylic acids is 1. The van der Waals surface area contributed by atoms with Crippen molar-refractivity contribution in [2.24, 2.45) is 4.99 Å². The van der Waals surface area contributed by atoms with Crippen molar-refractivity contribution in [3.05, 3.63) is 65.2 Å². The summed E-state index contributed by atoms with van der Waals surface area (Å²) in [7, 11) is 1.76. The van der Waals surface area contributed by atoms with Gasteiger partial charge in [-0.1, -0.05) is 42.0 Å². The molecule has 0 aromatic heterocycles. The van der Waals surface area contributed by atoms with Crippen molar-refractivity contribution < 1.29 is 9.53 Å². The minimum Gasteiger partial charge on any atom is -0.379 e. The van der Waals surface area contributed by atoms with Gasteiger partial charge in [0.15, 0.2) is 5.96 Å². The second kappa shape index (κ2) is 14.1. The van der Waals surface area contributed by atoms with E-state index < -0.39 is 0 Å². The van der Waals surface area contributed by atoms with Gasteiger partial charge in [0.25, 0.3) is 0 Å². The Kier molecular flexibility index (Phi) is 11.5. The fourth-order valence-corrected chi connectivity index (χ4v) is 3.48. The first kappa shape index (κ1) is 26.1. The molecule has 0 saturated carbocycles. The summed E-state index contributed by atoms with van der Waals surface area (Å²) in [6.45, 7) is 7.47. The van der Waals surface area contributed by atoms with E-state index >= 15 is 0 Å². The quantitative estimate of drug-likeness (QED) is 0.267. The lowest BCUT2D eigenvalue weighted by atomic mass is 10.1. The normalized spacial score (nSPS) is 14.4. The summed E-state index contributed by atoms with van der Waals surface area (Å²) in [5.41, 5.74) is 4.34. The number of nitrogens with zero attached hydrogens (tertiary/aromatic N) is 2. The van der Waals surface area contributed by atoms with Crippen LogP contribution in [0.4, 0.5) is 5.69 Å². The Balaban J connectivity index is 0.00000363. The van der Waals surface area contributed by atoms with Crippen LogP contribution in [-0.4, -0.2) is 56.7 Å². The predicted molar refractivity (Wildman–Crippen MR) is 141 cm³/mol. The first-order chi connectivity index (χ1) is 15.1. The fourth-order valence-electron chi connectivity index (χ4n) is 3.48. The van der Waals surface area contributed by atoms with Gasteiger partial charge in [-0.2, -0.15) is 0 Å². The number of nitrogens with one attached hydrogen (secondary N) is 3. The average Bonchev–Trinajstić information content (AvgIpc) is 2.79. The van der Waals surface area contributed by atoms with E-state index in [1.54, 1.807) is 7.05 Å². The third-order valence-electron chi connectivity index (χ3n) is 5.20. The zero-order valence-corrected chi connectivity index (χ0v) is 21.2. The van der Waals surface area contributed by atoms with Crippen LogP contribution in [-0.2, 0) is 22.6 Å². The van der Waals surface area contributed by atoms with Crippen LogP contribution >= 0.6 is 24.0 Å². The third kappa shape index (κ3) is 9.13. The number of hydrogen-bond donors (Lipinski definition) is 3. The van der Waals surface area contributed by atoms with Crippen LogP contribution < -0.4 is 16.0 Å². The highest BCUT2D eigenvalue weighted by Gasteiger charge is 2.12. The summed E-state index contributed by atoms with van der Waals surface area (Å²) >= 11 is 0. The van der Waals surface area contributed by atoms with Crippen LogP contribution in [0.5, 0.6) is 0 Å². The molecule has 8 heteroatoms. The highest BCUT2D eigenvalue weighted by atomic mass is 127. The maximum Gasteiger partial charge on any atom is 0.225 e. The van der Waals surface area contributed by atoms with Crippen molar-refractivity contribution in [3.8, 4) is 0 Å². The van der Waals surface area contributed by atoms with Gasteiger partial charge < -0.3 is 20.7 Å². The molecule has 0 spiro atoms. The minimum absolute atomic E-state index is 0. The molecule has 7 nitrogen and oxygen atoms in total. The topological polar surface area (TPSA) is 78.0 Å². The Morgan fingerprint density at radius 2 is 1.69 bits per heavy atom. The van der Waals surface area contributed by atoms with Gasteiger partial charge in [0.05, 0.1) is 13.2 Å². The number of anilines is 1. The second-order valence-corrected chi connectivity index (χ2v) is 7.72. The largest absolute Gasteiger partial charge is 0.379 e. The molecule has 0 radical (unpaired) electrons. The molecule has 1 aliphatic rings. The predicted octanol–water partition coefficient (Wildman–Crippen LogP) is 3.14. The Labute approximate surface area is 208 Å². The van der Waals surface area contributed by atoms with Crippen LogP contribution in [0.2, 0.25) is 0 Å². The average molecular weight is 551 g/mol. The lowest BCUT2D eigenvalue weighted by Gasteiger charge is -2.26. The maximum atomic E-state index is 12.3. The van der Waals surface area contributed by atoms with Gasteiger partial charge in [-0.05, 0) is 30.2 Å². The molecule has 1 amide bonds. The Morgan fingerprint density at radius 3 is 2.34 bits per heavy atom. The van der Waals surface area contributed by atoms with Crippen molar-refractivity contribution in [1.82, 2.24) is 15.5 Å². The molecular weight excluding hydrogens is 517 g/mol. The third-order valence-corrected chi connectivity index (χ3v) is 5.20. The van der Waals surface area contributed by atoms with Gasteiger partial charge in [-0.3, -0.25) is 14.7 Å². The number of halogens is 1. The summed E-state index contributed by atoms with van der Waals surface area (Å²) in [4.78, 5) is 18.9. The molecule has 3 N–H and O–H groups in total. The minimum atomic E-state index is 0. The molecule has 0 atom stereocenters. The number of carbonyl (C=O) groups is 1. The van der Waals surface area contributed by atoms with E-state index in [4.69, 9.17) is 4.74 Å². The molecule has 1 aliphatic heterocycles. The van der Waals surface area contributed by atoms with Crippen molar-refractivity contribution in [2.75, 3.05) is 45.2 Å². The first-order valence-electron chi connectivity index (χ1n) is 10.8. The van der Waals surface area contributed by atoms with Gasteiger partial charge in [-0.15, -0.1) is 24.0 Å². The zero-order valence-electron chi connectivity index (χ0n) is 18.9. The Morgan fingerprint density at radius 1 is 1.03 bits per heavy atom. The van der Waals surface area contributed by atoms with Crippen molar-refractivity contribution in [3.63, 3.8) is 0 Å². The molecule has 174 valence electrons. The summed E-state index contributed by atoms with van der Waals surface area (Å²) in [5.74, 6) is 0.772. The smallest absolute Gasteiger partial charge is 0.225 e. The van der Waals surface area contributed by atoms with Gasteiger partial charge in [0, 0.05) is 51.9 Å². The molecule has 1 saturated heterocycles. The molecule has 0 unspecified atom stereocenters. The molecule has 1 fully saturated rings. The Bertz CT molecular complexity index is 884. The van der Waals surface area contributed by atoms with Crippen LogP contribution in [0, 0.1) is 6.92 Å². The SMILES string of the molecule is CN=C(NCc1cccc(C)c1)NCc1cccc(NC(=O)CCN2CCOCC2)c1.I.